The molecule has 0 atom stereocenters. The highest BCUT2D eigenvalue weighted by Crippen LogP contribution is 2.27. The van der Waals surface area contributed by atoms with Gasteiger partial charge in [-0.05, 0) is 24.3 Å². The van der Waals surface area contributed by atoms with Gasteiger partial charge in [-0.25, -0.2) is 4.39 Å². The largest absolute Gasteiger partial charge is 0.281 e. The van der Waals surface area contributed by atoms with Gasteiger partial charge in [-0.3, -0.25) is 5.10 Å². The zero-order valence-electron chi connectivity index (χ0n) is 7.60. The zero-order valence-corrected chi connectivity index (χ0v) is 9.11. The van der Waals surface area contributed by atoms with E-state index in [4.69, 9.17) is 23.2 Å². The lowest BCUT2D eigenvalue weighted by Gasteiger charge is -1.99. The van der Waals surface area contributed by atoms with Crippen molar-refractivity contribution in [2.24, 2.45) is 0 Å². The third-order valence-electron chi connectivity index (χ3n) is 1.98. The smallest absolute Gasteiger partial charge is 0.124 e. The molecule has 78 valence electrons. The average molecular weight is 245 g/mol. The van der Waals surface area contributed by atoms with Gasteiger partial charge in [0.25, 0.3) is 0 Å². The van der Waals surface area contributed by atoms with Crippen LogP contribution in [0.3, 0.4) is 0 Å². The monoisotopic (exact) mass is 244 g/mol. The molecule has 0 aliphatic heterocycles. The van der Waals surface area contributed by atoms with Crippen molar-refractivity contribution < 1.29 is 4.39 Å². The fourth-order valence-corrected chi connectivity index (χ4v) is 1.67. The number of benzene rings is 1. The maximum atomic E-state index is 12.8. The minimum atomic E-state index is -0.364. The molecule has 0 saturated heterocycles. The highest BCUT2D eigenvalue weighted by atomic mass is 35.5. The Kier molecular flexibility index (Phi) is 2.93. The van der Waals surface area contributed by atoms with Gasteiger partial charge in [0.05, 0.1) is 22.3 Å². The second-order valence-corrected chi connectivity index (χ2v) is 3.71. The maximum absolute atomic E-state index is 12.8. The van der Waals surface area contributed by atoms with Crippen molar-refractivity contribution in [3.8, 4) is 11.3 Å². The molecule has 1 aromatic carbocycles. The summed E-state index contributed by atoms with van der Waals surface area (Å²) in [7, 11) is 0. The Morgan fingerprint density at radius 2 is 2.13 bits per heavy atom. The van der Waals surface area contributed by atoms with Crippen LogP contribution in [0.15, 0.2) is 24.3 Å². The lowest BCUT2D eigenvalue weighted by atomic mass is 10.1. The van der Waals surface area contributed by atoms with E-state index in [0.29, 0.717) is 22.2 Å². The molecule has 2 rings (SSSR count). The number of hydrogen-bond donors (Lipinski definition) is 1. The molecule has 0 radical (unpaired) electrons. The lowest BCUT2D eigenvalue weighted by molar-refractivity contribution is 0.628. The van der Waals surface area contributed by atoms with Gasteiger partial charge in [-0.2, -0.15) is 5.10 Å². The summed E-state index contributed by atoms with van der Waals surface area (Å²) in [6, 6.07) is 5.97. The summed E-state index contributed by atoms with van der Waals surface area (Å²) < 4.78 is 12.8. The zero-order chi connectivity index (χ0) is 10.8. The van der Waals surface area contributed by atoms with E-state index in [0.717, 1.165) is 5.69 Å². The SMILES string of the molecule is Fc1ccc(-c2cc(CCl)[nH]n2)c(Cl)c1. The Morgan fingerprint density at radius 3 is 2.73 bits per heavy atom. The second kappa shape index (κ2) is 4.21. The summed E-state index contributed by atoms with van der Waals surface area (Å²) in [5, 5.41) is 7.13. The first-order valence-electron chi connectivity index (χ1n) is 4.26. The number of aromatic nitrogens is 2. The van der Waals surface area contributed by atoms with Crippen molar-refractivity contribution in [3.63, 3.8) is 0 Å². The van der Waals surface area contributed by atoms with Crippen molar-refractivity contribution in [1.29, 1.82) is 0 Å². The maximum Gasteiger partial charge on any atom is 0.124 e. The van der Waals surface area contributed by atoms with Gasteiger partial charge < -0.3 is 0 Å². The number of aromatic amines is 1. The molecular weight excluding hydrogens is 238 g/mol. The van der Waals surface area contributed by atoms with Gasteiger partial charge in [0.2, 0.25) is 0 Å². The first kappa shape index (κ1) is 10.5. The van der Waals surface area contributed by atoms with Crippen LogP contribution in [0.4, 0.5) is 4.39 Å². The van der Waals surface area contributed by atoms with Crippen molar-refractivity contribution in [1.82, 2.24) is 10.2 Å². The van der Waals surface area contributed by atoms with E-state index >= 15 is 0 Å². The minimum absolute atomic E-state index is 0.336. The Hall–Kier alpha value is -1.06. The fraction of sp³-hybridized carbons (Fsp3) is 0.100. The first-order valence-corrected chi connectivity index (χ1v) is 5.17. The standard InChI is InChI=1S/C10H7Cl2FN2/c11-5-7-4-10(15-14-7)8-2-1-6(13)3-9(8)12/h1-4H,5H2,(H,14,15). The molecule has 2 aromatic rings. The quantitative estimate of drug-likeness (QED) is 0.804. The van der Waals surface area contributed by atoms with Gasteiger partial charge in [-0.1, -0.05) is 11.6 Å². The van der Waals surface area contributed by atoms with Crippen LogP contribution in [-0.2, 0) is 5.88 Å². The van der Waals surface area contributed by atoms with Crippen molar-refractivity contribution in [2.75, 3.05) is 0 Å². The van der Waals surface area contributed by atoms with Crippen LogP contribution in [0.1, 0.15) is 5.69 Å². The van der Waals surface area contributed by atoms with Crippen LogP contribution >= 0.6 is 23.2 Å². The van der Waals surface area contributed by atoms with Crippen LogP contribution in [0.5, 0.6) is 0 Å². The van der Waals surface area contributed by atoms with E-state index in [-0.39, 0.29) is 5.82 Å². The molecule has 0 unspecified atom stereocenters. The van der Waals surface area contributed by atoms with Gasteiger partial charge in [-0.15, -0.1) is 11.6 Å². The molecule has 0 saturated carbocycles. The molecule has 0 amide bonds. The highest BCUT2D eigenvalue weighted by molar-refractivity contribution is 6.33. The molecule has 5 heteroatoms. The van der Waals surface area contributed by atoms with E-state index in [1.165, 1.54) is 12.1 Å². The van der Waals surface area contributed by atoms with Crippen molar-refractivity contribution in [3.05, 3.63) is 40.8 Å². The van der Waals surface area contributed by atoms with E-state index in [1.54, 1.807) is 12.1 Å². The molecule has 2 nitrogen and oxygen atoms in total. The van der Waals surface area contributed by atoms with Crippen LogP contribution in [0.2, 0.25) is 5.02 Å². The molecular formula is C10H7Cl2FN2. The topological polar surface area (TPSA) is 28.7 Å². The number of H-pyrrole nitrogens is 1. The first-order chi connectivity index (χ1) is 7.20. The van der Waals surface area contributed by atoms with Gasteiger partial charge in [0.1, 0.15) is 5.82 Å². The second-order valence-electron chi connectivity index (χ2n) is 3.04. The van der Waals surface area contributed by atoms with Gasteiger partial charge in [0.15, 0.2) is 0 Å². The number of rotatable bonds is 2. The summed E-state index contributed by atoms with van der Waals surface area (Å²) in [6.45, 7) is 0. The summed E-state index contributed by atoms with van der Waals surface area (Å²) in [5.74, 6) is -0.0110. The summed E-state index contributed by atoms with van der Waals surface area (Å²) in [6.07, 6.45) is 0. The number of hydrogen-bond acceptors (Lipinski definition) is 1. The van der Waals surface area contributed by atoms with Crippen LogP contribution in [0.25, 0.3) is 11.3 Å². The summed E-state index contributed by atoms with van der Waals surface area (Å²) in [4.78, 5) is 0. The van der Waals surface area contributed by atoms with E-state index in [9.17, 15) is 4.39 Å². The third kappa shape index (κ3) is 2.13. The number of nitrogens with one attached hydrogen (secondary N) is 1. The molecule has 0 bridgehead atoms. The van der Waals surface area contributed by atoms with E-state index in [2.05, 4.69) is 10.2 Å². The molecule has 0 spiro atoms. The molecule has 0 aliphatic rings. The Morgan fingerprint density at radius 1 is 1.33 bits per heavy atom. The molecule has 1 heterocycles. The molecule has 15 heavy (non-hydrogen) atoms. The van der Waals surface area contributed by atoms with Crippen molar-refractivity contribution in [2.45, 2.75) is 5.88 Å². The minimum Gasteiger partial charge on any atom is -0.281 e. The fourth-order valence-electron chi connectivity index (χ4n) is 1.27. The highest BCUT2D eigenvalue weighted by Gasteiger charge is 2.08. The predicted octanol–water partition coefficient (Wildman–Crippen LogP) is 3.61. The van der Waals surface area contributed by atoms with E-state index < -0.39 is 0 Å². The van der Waals surface area contributed by atoms with Gasteiger partial charge in [0, 0.05) is 5.56 Å². The number of alkyl halides is 1. The van der Waals surface area contributed by atoms with Crippen LogP contribution in [-0.4, -0.2) is 10.2 Å². The predicted molar refractivity (Wildman–Crippen MR) is 58.5 cm³/mol. The molecule has 1 aromatic heterocycles. The summed E-state index contributed by atoms with van der Waals surface area (Å²) in [5.41, 5.74) is 2.15. The summed E-state index contributed by atoms with van der Waals surface area (Å²) >= 11 is 11.5. The number of nitrogens with zero attached hydrogens (tertiary/aromatic N) is 1. The van der Waals surface area contributed by atoms with E-state index in [1.807, 2.05) is 0 Å². The Balaban J connectivity index is 2.44. The Bertz CT molecular complexity index is 482. The van der Waals surface area contributed by atoms with Gasteiger partial charge >= 0.3 is 0 Å². The normalized spacial score (nSPS) is 10.6. The third-order valence-corrected chi connectivity index (χ3v) is 2.58. The molecule has 0 fully saturated rings. The lowest BCUT2D eigenvalue weighted by Crippen LogP contribution is -1.81. The number of halogens is 3. The molecule has 0 aliphatic carbocycles. The molecule has 1 N–H and O–H groups in total. The van der Waals surface area contributed by atoms with Crippen LogP contribution in [0, 0.1) is 5.82 Å². The van der Waals surface area contributed by atoms with Crippen LogP contribution < -0.4 is 0 Å². The average Bonchev–Trinajstić information content (AvgIpc) is 2.66. The Labute approximate surface area is 96.0 Å². The van der Waals surface area contributed by atoms with Crippen molar-refractivity contribution >= 4 is 23.2 Å².